The molecule has 3 N–H and O–H groups in total. The lowest BCUT2D eigenvalue weighted by Crippen LogP contribution is -2.39. The molecule has 0 fully saturated rings. The van der Waals surface area contributed by atoms with Crippen molar-refractivity contribution in [2.24, 2.45) is 0 Å². The van der Waals surface area contributed by atoms with Gasteiger partial charge in [0, 0.05) is 6.54 Å². The van der Waals surface area contributed by atoms with E-state index < -0.39 is 35.8 Å². The van der Waals surface area contributed by atoms with Gasteiger partial charge in [0.15, 0.2) is 0 Å². The molecule has 0 aromatic heterocycles. The molecule has 0 unspecified atom stereocenters. The molecule has 1 aromatic rings. The van der Waals surface area contributed by atoms with Crippen LogP contribution in [0.3, 0.4) is 0 Å². The fourth-order valence-corrected chi connectivity index (χ4v) is 2.04. The van der Waals surface area contributed by atoms with E-state index >= 15 is 0 Å². The lowest BCUT2D eigenvalue weighted by molar-refractivity contribution is -0.140. The standard InChI is InChI=1S/C15H20F3NO3/c1-14(2,3)11-6-9(4-5-10(11)15(16,17)18)7-19-12(8-20)13(21)22/h4-6,12,19-20H,7-8H2,1-3H3,(H,21,22)/t12-/m0/s1. The van der Waals surface area contributed by atoms with Crippen molar-refractivity contribution in [2.45, 2.75) is 44.9 Å². The van der Waals surface area contributed by atoms with E-state index in [0.717, 1.165) is 6.07 Å². The van der Waals surface area contributed by atoms with Crippen LogP contribution >= 0.6 is 0 Å². The summed E-state index contributed by atoms with van der Waals surface area (Å²) in [6.07, 6.45) is -4.44. The van der Waals surface area contributed by atoms with Gasteiger partial charge in [0.25, 0.3) is 0 Å². The van der Waals surface area contributed by atoms with Crippen LogP contribution in [0.5, 0.6) is 0 Å². The average molecular weight is 319 g/mol. The highest BCUT2D eigenvalue weighted by Gasteiger charge is 2.36. The molecule has 0 aliphatic heterocycles. The normalized spacial score (nSPS) is 14.0. The number of aliphatic hydroxyl groups is 1. The molecule has 0 heterocycles. The van der Waals surface area contributed by atoms with E-state index in [4.69, 9.17) is 10.2 Å². The maximum Gasteiger partial charge on any atom is 0.416 e. The van der Waals surface area contributed by atoms with Crippen LogP contribution in [-0.4, -0.2) is 28.8 Å². The molecule has 0 aliphatic carbocycles. The van der Waals surface area contributed by atoms with Crippen molar-refractivity contribution in [1.29, 1.82) is 0 Å². The second-order valence-electron chi connectivity index (χ2n) is 6.08. The van der Waals surface area contributed by atoms with Crippen LogP contribution in [0.25, 0.3) is 0 Å². The van der Waals surface area contributed by atoms with Gasteiger partial charge in [-0.05, 0) is 22.6 Å². The van der Waals surface area contributed by atoms with E-state index in [-0.39, 0.29) is 12.1 Å². The summed E-state index contributed by atoms with van der Waals surface area (Å²) in [5.74, 6) is -1.22. The Bertz CT molecular complexity index is 536. The van der Waals surface area contributed by atoms with E-state index in [2.05, 4.69) is 5.32 Å². The van der Waals surface area contributed by atoms with Crippen LogP contribution in [0.15, 0.2) is 18.2 Å². The molecule has 0 saturated carbocycles. The Labute approximate surface area is 127 Å². The summed E-state index contributed by atoms with van der Waals surface area (Å²) in [4.78, 5) is 10.8. The summed E-state index contributed by atoms with van der Waals surface area (Å²) in [7, 11) is 0. The average Bonchev–Trinajstić information content (AvgIpc) is 2.36. The zero-order valence-electron chi connectivity index (χ0n) is 12.7. The second-order valence-corrected chi connectivity index (χ2v) is 6.08. The van der Waals surface area contributed by atoms with E-state index in [1.807, 2.05) is 0 Å². The van der Waals surface area contributed by atoms with Crippen LogP contribution in [0, 0.1) is 0 Å². The predicted octanol–water partition coefficient (Wildman–Crippen LogP) is 2.54. The van der Waals surface area contributed by atoms with Gasteiger partial charge >= 0.3 is 12.1 Å². The highest BCUT2D eigenvalue weighted by Crippen LogP contribution is 2.37. The van der Waals surface area contributed by atoms with Crippen molar-refractivity contribution in [1.82, 2.24) is 5.32 Å². The third-order valence-corrected chi connectivity index (χ3v) is 3.23. The number of carboxylic acid groups (broad SMARTS) is 1. The van der Waals surface area contributed by atoms with Crippen LogP contribution in [-0.2, 0) is 22.9 Å². The van der Waals surface area contributed by atoms with Gasteiger partial charge in [-0.3, -0.25) is 10.1 Å². The lowest BCUT2D eigenvalue weighted by Gasteiger charge is -2.25. The van der Waals surface area contributed by atoms with Crippen molar-refractivity contribution < 1.29 is 28.2 Å². The summed E-state index contributed by atoms with van der Waals surface area (Å²) < 4.78 is 39.2. The van der Waals surface area contributed by atoms with Gasteiger partial charge in [-0.2, -0.15) is 13.2 Å². The third-order valence-electron chi connectivity index (χ3n) is 3.23. The van der Waals surface area contributed by atoms with E-state index in [9.17, 15) is 18.0 Å². The molecule has 1 atom stereocenters. The molecule has 0 bridgehead atoms. The number of halogens is 3. The van der Waals surface area contributed by atoms with E-state index in [1.165, 1.54) is 12.1 Å². The smallest absolute Gasteiger partial charge is 0.416 e. The Kier molecular flexibility index (Phi) is 5.59. The van der Waals surface area contributed by atoms with Crippen LogP contribution in [0.4, 0.5) is 13.2 Å². The summed E-state index contributed by atoms with van der Waals surface area (Å²) in [5, 5.41) is 20.3. The zero-order valence-corrected chi connectivity index (χ0v) is 12.7. The SMILES string of the molecule is CC(C)(C)c1cc(CN[C@@H](CO)C(=O)O)ccc1C(F)(F)F. The van der Waals surface area contributed by atoms with Gasteiger partial charge in [0.05, 0.1) is 12.2 Å². The van der Waals surface area contributed by atoms with Gasteiger partial charge in [-0.1, -0.05) is 32.9 Å². The molecule has 0 spiro atoms. The zero-order chi connectivity index (χ0) is 17.1. The third kappa shape index (κ3) is 4.71. The molecular weight excluding hydrogens is 299 g/mol. The fraction of sp³-hybridized carbons (Fsp3) is 0.533. The van der Waals surface area contributed by atoms with Gasteiger partial charge in [-0.25, -0.2) is 0 Å². The quantitative estimate of drug-likeness (QED) is 0.780. The first-order chi connectivity index (χ1) is 9.96. The summed E-state index contributed by atoms with van der Waals surface area (Å²) in [6.45, 7) is 4.51. The predicted molar refractivity (Wildman–Crippen MR) is 75.5 cm³/mol. The summed E-state index contributed by atoms with van der Waals surface area (Å²) in [5.41, 5.74) is -0.724. The first-order valence-corrected chi connectivity index (χ1v) is 6.74. The van der Waals surface area contributed by atoms with Crippen molar-refractivity contribution in [3.8, 4) is 0 Å². The van der Waals surface area contributed by atoms with Crippen LogP contribution < -0.4 is 5.32 Å². The van der Waals surface area contributed by atoms with Crippen molar-refractivity contribution >= 4 is 5.97 Å². The molecular formula is C15H20F3NO3. The van der Waals surface area contributed by atoms with Gasteiger partial charge in [0.1, 0.15) is 6.04 Å². The highest BCUT2D eigenvalue weighted by molar-refractivity contribution is 5.73. The molecule has 7 heteroatoms. The molecule has 124 valence electrons. The van der Waals surface area contributed by atoms with Crippen LogP contribution in [0.2, 0.25) is 0 Å². The number of nitrogens with one attached hydrogen (secondary N) is 1. The highest BCUT2D eigenvalue weighted by atomic mass is 19.4. The minimum atomic E-state index is -4.44. The first kappa shape index (κ1) is 18.4. The number of hydrogen-bond acceptors (Lipinski definition) is 3. The van der Waals surface area contributed by atoms with Crippen molar-refractivity contribution in [3.63, 3.8) is 0 Å². The largest absolute Gasteiger partial charge is 0.480 e. The summed E-state index contributed by atoms with van der Waals surface area (Å²) in [6, 6.07) is 2.58. The second kappa shape index (κ2) is 6.66. The number of carbonyl (C=O) groups is 1. The number of benzene rings is 1. The number of rotatable bonds is 5. The maximum absolute atomic E-state index is 13.1. The van der Waals surface area contributed by atoms with Crippen LogP contribution in [0.1, 0.15) is 37.5 Å². The molecule has 0 aliphatic rings. The molecule has 0 saturated heterocycles. The number of carboxylic acids is 1. The van der Waals surface area contributed by atoms with Crippen molar-refractivity contribution in [3.05, 3.63) is 34.9 Å². The Morgan fingerprint density at radius 2 is 1.82 bits per heavy atom. The topological polar surface area (TPSA) is 69.6 Å². The van der Waals surface area contributed by atoms with E-state index in [1.54, 1.807) is 20.8 Å². The fourth-order valence-electron chi connectivity index (χ4n) is 2.04. The Hall–Kier alpha value is -1.60. The number of hydrogen-bond donors (Lipinski definition) is 3. The van der Waals surface area contributed by atoms with Gasteiger partial charge in [0.2, 0.25) is 0 Å². The molecule has 1 rings (SSSR count). The number of aliphatic hydroxyl groups excluding tert-OH is 1. The summed E-state index contributed by atoms with van der Waals surface area (Å²) >= 11 is 0. The first-order valence-electron chi connectivity index (χ1n) is 6.74. The minimum absolute atomic E-state index is 0.0543. The Balaban J connectivity index is 3.08. The number of alkyl halides is 3. The Morgan fingerprint density at radius 1 is 1.23 bits per heavy atom. The van der Waals surface area contributed by atoms with Crippen molar-refractivity contribution in [2.75, 3.05) is 6.61 Å². The Morgan fingerprint density at radius 3 is 2.23 bits per heavy atom. The number of aliphatic carboxylic acids is 1. The molecule has 4 nitrogen and oxygen atoms in total. The minimum Gasteiger partial charge on any atom is -0.480 e. The molecule has 0 radical (unpaired) electrons. The lowest BCUT2D eigenvalue weighted by atomic mass is 9.82. The van der Waals surface area contributed by atoms with Gasteiger partial charge < -0.3 is 10.2 Å². The maximum atomic E-state index is 13.1. The molecule has 1 aromatic carbocycles. The van der Waals surface area contributed by atoms with Gasteiger partial charge in [-0.15, -0.1) is 0 Å². The monoisotopic (exact) mass is 319 g/mol. The molecule has 0 amide bonds. The van der Waals surface area contributed by atoms with E-state index in [0.29, 0.717) is 5.56 Å². The molecule has 22 heavy (non-hydrogen) atoms.